The summed E-state index contributed by atoms with van der Waals surface area (Å²) in [6.45, 7) is 7.21. The lowest BCUT2D eigenvalue weighted by Crippen LogP contribution is -2.59. The topological polar surface area (TPSA) is 72.5 Å². The van der Waals surface area contributed by atoms with Crippen molar-refractivity contribution in [1.29, 1.82) is 0 Å². The molecule has 0 heterocycles. The maximum Gasteiger partial charge on any atom is 0.305 e. The third-order valence-corrected chi connectivity index (χ3v) is 10.6. The highest BCUT2D eigenvalue weighted by Gasteiger charge is 2.63. The smallest absolute Gasteiger partial charge is 0.305 e. The van der Waals surface area contributed by atoms with E-state index in [1.54, 1.807) is 0 Å². The van der Waals surface area contributed by atoms with Crippen LogP contribution in [0, 0.1) is 46.3 Å². The zero-order valence-electron chi connectivity index (χ0n) is 19.0. The second-order valence-corrected chi connectivity index (χ2v) is 11.6. The summed E-state index contributed by atoms with van der Waals surface area (Å²) in [5.74, 6) is 3.66. The van der Waals surface area contributed by atoms with Gasteiger partial charge < -0.3 is 15.6 Å². The predicted octanol–water partition coefficient (Wildman–Crippen LogP) is 4.53. The number of esters is 1. The van der Waals surface area contributed by atoms with Gasteiger partial charge in [0.25, 0.3) is 0 Å². The third-order valence-electron chi connectivity index (χ3n) is 10.6. The summed E-state index contributed by atoms with van der Waals surface area (Å²) in [7, 11) is 1.47. The Balaban J connectivity index is 1.53. The molecule has 29 heavy (non-hydrogen) atoms. The molecule has 0 saturated heterocycles. The number of hydrogen-bond donors (Lipinski definition) is 2. The first-order valence-corrected chi connectivity index (χ1v) is 12.2. The zero-order valence-corrected chi connectivity index (χ0v) is 19.0. The summed E-state index contributed by atoms with van der Waals surface area (Å²) in [6, 6.07) is 0.384. The van der Waals surface area contributed by atoms with Gasteiger partial charge in [-0.05, 0) is 104 Å². The number of aliphatic hydroxyl groups excluding tert-OH is 1. The van der Waals surface area contributed by atoms with Crippen LogP contribution in [0.1, 0.15) is 85.0 Å². The number of rotatable bonds is 4. The Hall–Kier alpha value is -0.610. The summed E-state index contributed by atoms with van der Waals surface area (Å²) in [4.78, 5) is 11.7. The minimum atomic E-state index is -0.215. The van der Waals surface area contributed by atoms with Gasteiger partial charge in [-0.15, -0.1) is 0 Å². The van der Waals surface area contributed by atoms with Gasteiger partial charge in [-0.25, -0.2) is 0 Å². The van der Waals surface area contributed by atoms with Crippen LogP contribution in [0.4, 0.5) is 0 Å². The van der Waals surface area contributed by atoms with E-state index in [0.717, 1.165) is 31.1 Å². The number of carbonyl (C=O) groups excluding carboxylic acids is 1. The Bertz CT molecular complexity index is 623. The van der Waals surface area contributed by atoms with E-state index in [9.17, 15) is 9.90 Å². The van der Waals surface area contributed by atoms with E-state index in [1.807, 2.05) is 0 Å². The lowest BCUT2D eigenvalue weighted by Gasteiger charge is -2.62. The number of ether oxygens (including phenoxy) is 1. The van der Waals surface area contributed by atoms with Gasteiger partial charge in [0.15, 0.2) is 0 Å². The molecular weight excluding hydrogens is 362 g/mol. The maximum atomic E-state index is 11.7. The van der Waals surface area contributed by atoms with Crippen LogP contribution in [-0.2, 0) is 9.53 Å². The number of fused-ring (bicyclic) bond motifs is 5. The minimum absolute atomic E-state index is 0.00493. The standard InChI is InChI=1S/C25H43NO3/c1-15(5-10-23(28)29-4)19-8-9-20-18-7-6-16-13-17(26)11-12-24(16,2)21(18)14-22(27)25(19,20)3/h15-22,27H,5-14,26H2,1-4H3/t15-,16-,17+,18+,19-,20+,21+,22+,24+,25-/m1/s1. The highest BCUT2D eigenvalue weighted by Crippen LogP contribution is 2.68. The van der Waals surface area contributed by atoms with Gasteiger partial charge in [-0.2, -0.15) is 0 Å². The molecule has 0 aromatic rings. The molecule has 4 fully saturated rings. The first kappa shape index (κ1) is 21.6. The number of methoxy groups -OCH3 is 1. The molecule has 0 unspecified atom stereocenters. The summed E-state index contributed by atoms with van der Waals surface area (Å²) in [5, 5.41) is 11.6. The molecule has 0 aromatic carbocycles. The Morgan fingerprint density at radius 2 is 1.90 bits per heavy atom. The number of nitrogens with two attached hydrogens (primary N) is 1. The molecule has 4 rings (SSSR count). The van der Waals surface area contributed by atoms with E-state index in [2.05, 4.69) is 20.8 Å². The van der Waals surface area contributed by atoms with Crippen molar-refractivity contribution >= 4 is 5.97 Å². The molecule has 0 radical (unpaired) electrons. The van der Waals surface area contributed by atoms with Crippen LogP contribution >= 0.6 is 0 Å². The van der Waals surface area contributed by atoms with E-state index >= 15 is 0 Å². The largest absolute Gasteiger partial charge is 0.469 e. The Morgan fingerprint density at radius 3 is 2.62 bits per heavy atom. The van der Waals surface area contributed by atoms with Crippen molar-refractivity contribution in [2.75, 3.05) is 7.11 Å². The predicted molar refractivity (Wildman–Crippen MR) is 115 cm³/mol. The Kier molecular flexibility index (Phi) is 5.83. The third kappa shape index (κ3) is 3.37. The second kappa shape index (κ2) is 7.82. The van der Waals surface area contributed by atoms with Gasteiger partial charge in [0.05, 0.1) is 13.2 Å². The molecule has 3 N–H and O–H groups in total. The molecule has 10 atom stereocenters. The van der Waals surface area contributed by atoms with Crippen molar-refractivity contribution in [3.63, 3.8) is 0 Å². The number of hydrogen-bond acceptors (Lipinski definition) is 4. The Labute approximate surface area is 177 Å². The van der Waals surface area contributed by atoms with Gasteiger partial charge in [-0.3, -0.25) is 4.79 Å². The van der Waals surface area contributed by atoms with Crippen molar-refractivity contribution in [3.05, 3.63) is 0 Å². The van der Waals surface area contributed by atoms with Gasteiger partial charge in [0.1, 0.15) is 0 Å². The van der Waals surface area contributed by atoms with Crippen molar-refractivity contribution < 1.29 is 14.6 Å². The molecular formula is C25H43NO3. The molecule has 166 valence electrons. The van der Waals surface area contributed by atoms with Crippen LogP contribution in [0.3, 0.4) is 0 Å². The molecule has 0 amide bonds. The fraction of sp³-hybridized carbons (Fsp3) is 0.960. The van der Waals surface area contributed by atoms with Crippen LogP contribution in [0.25, 0.3) is 0 Å². The molecule has 4 nitrogen and oxygen atoms in total. The van der Waals surface area contributed by atoms with Crippen LogP contribution in [0.5, 0.6) is 0 Å². The molecule has 4 aliphatic carbocycles. The quantitative estimate of drug-likeness (QED) is 0.674. The zero-order chi connectivity index (χ0) is 21.0. The van der Waals surface area contributed by atoms with Crippen LogP contribution in [0.2, 0.25) is 0 Å². The van der Waals surface area contributed by atoms with Crippen molar-refractivity contribution in [1.82, 2.24) is 0 Å². The van der Waals surface area contributed by atoms with E-state index in [-0.39, 0.29) is 17.5 Å². The molecule has 4 saturated carbocycles. The lowest BCUT2D eigenvalue weighted by molar-refractivity contribution is -0.169. The Morgan fingerprint density at radius 1 is 1.14 bits per heavy atom. The fourth-order valence-corrected chi connectivity index (χ4v) is 8.86. The lowest BCUT2D eigenvalue weighted by atomic mass is 9.43. The molecule has 0 aromatic heterocycles. The summed E-state index contributed by atoms with van der Waals surface area (Å²) < 4.78 is 4.86. The summed E-state index contributed by atoms with van der Waals surface area (Å²) in [5.41, 5.74) is 6.71. The normalized spacial score (nSPS) is 50.2. The second-order valence-electron chi connectivity index (χ2n) is 11.6. The van der Waals surface area contributed by atoms with E-state index in [1.165, 1.54) is 45.6 Å². The summed E-state index contributed by atoms with van der Waals surface area (Å²) >= 11 is 0. The molecule has 4 heteroatoms. The molecule has 0 spiro atoms. The average Bonchev–Trinajstić information content (AvgIpc) is 3.06. The number of aliphatic hydroxyl groups is 1. The SMILES string of the molecule is COC(=O)CC[C@@H](C)[C@H]1CC[C@H]2[C@@H]3CC[C@@H]4C[C@@H](N)CC[C@]4(C)[C@H]3C[C@H](O)[C@]12C. The fourth-order valence-electron chi connectivity index (χ4n) is 8.86. The first-order valence-electron chi connectivity index (χ1n) is 12.2. The van der Waals surface area contributed by atoms with Crippen molar-refractivity contribution in [2.24, 2.45) is 52.1 Å². The minimum Gasteiger partial charge on any atom is -0.469 e. The van der Waals surface area contributed by atoms with E-state index < -0.39 is 0 Å². The van der Waals surface area contributed by atoms with E-state index in [4.69, 9.17) is 10.5 Å². The van der Waals surface area contributed by atoms with Gasteiger partial charge in [0.2, 0.25) is 0 Å². The van der Waals surface area contributed by atoms with E-state index in [0.29, 0.717) is 41.5 Å². The molecule has 4 aliphatic rings. The molecule has 0 aliphatic heterocycles. The van der Waals surface area contributed by atoms with Crippen molar-refractivity contribution in [2.45, 2.75) is 97.1 Å². The average molecular weight is 406 g/mol. The van der Waals surface area contributed by atoms with Gasteiger partial charge in [-0.1, -0.05) is 20.8 Å². The molecule has 0 bridgehead atoms. The van der Waals surface area contributed by atoms with Gasteiger partial charge in [0, 0.05) is 12.5 Å². The van der Waals surface area contributed by atoms with Crippen LogP contribution < -0.4 is 5.73 Å². The number of carbonyl (C=O) groups is 1. The highest BCUT2D eigenvalue weighted by molar-refractivity contribution is 5.69. The first-order chi connectivity index (χ1) is 13.7. The summed E-state index contributed by atoms with van der Waals surface area (Å²) in [6.07, 6.45) is 10.8. The van der Waals surface area contributed by atoms with Gasteiger partial charge >= 0.3 is 5.97 Å². The maximum absolute atomic E-state index is 11.7. The highest BCUT2D eigenvalue weighted by atomic mass is 16.5. The van der Waals surface area contributed by atoms with Crippen molar-refractivity contribution in [3.8, 4) is 0 Å². The van der Waals surface area contributed by atoms with Crippen LogP contribution in [0.15, 0.2) is 0 Å². The monoisotopic (exact) mass is 405 g/mol. The van der Waals surface area contributed by atoms with Crippen LogP contribution in [-0.4, -0.2) is 30.3 Å².